The van der Waals surface area contributed by atoms with Crippen LogP contribution in [-0.2, 0) is 14.4 Å². The number of hydrogen-bond acceptors (Lipinski definition) is 4. The summed E-state index contributed by atoms with van der Waals surface area (Å²) in [5.74, 6) is -0.487. The Bertz CT molecular complexity index is 301. The SMILES string of the molecule is CC(C)C(=O)CCN1C(=O)CC(S)C1=O. The van der Waals surface area contributed by atoms with E-state index in [0.717, 1.165) is 4.90 Å². The molecule has 1 atom stereocenters. The van der Waals surface area contributed by atoms with Crippen LogP contribution in [-0.4, -0.2) is 34.3 Å². The molecule has 1 unspecified atom stereocenters. The molecule has 1 saturated heterocycles. The van der Waals surface area contributed by atoms with Gasteiger partial charge in [-0.3, -0.25) is 19.3 Å². The first kappa shape index (κ1) is 12.2. The minimum absolute atomic E-state index is 0.0513. The van der Waals surface area contributed by atoms with Crippen LogP contribution in [0, 0.1) is 5.92 Å². The smallest absolute Gasteiger partial charge is 0.242 e. The first-order valence-corrected chi connectivity index (χ1v) is 5.50. The van der Waals surface area contributed by atoms with Gasteiger partial charge >= 0.3 is 0 Å². The molecule has 0 bridgehead atoms. The molecule has 2 amide bonds. The summed E-state index contributed by atoms with van der Waals surface area (Å²) < 4.78 is 0. The first-order chi connectivity index (χ1) is 6.93. The minimum Gasteiger partial charge on any atom is -0.299 e. The van der Waals surface area contributed by atoms with E-state index in [1.807, 2.05) is 0 Å². The molecule has 4 nitrogen and oxygen atoms in total. The first-order valence-electron chi connectivity index (χ1n) is 4.98. The summed E-state index contributed by atoms with van der Waals surface area (Å²) >= 11 is 3.99. The number of carbonyl (C=O) groups is 3. The van der Waals surface area contributed by atoms with Crippen molar-refractivity contribution in [2.24, 2.45) is 5.92 Å². The molecule has 1 aliphatic heterocycles. The van der Waals surface area contributed by atoms with Crippen LogP contribution in [0.2, 0.25) is 0 Å². The Labute approximate surface area is 94.4 Å². The van der Waals surface area contributed by atoms with Crippen molar-refractivity contribution in [2.45, 2.75) is 31.9 Å². The molecule has 0 saturated carbocycles. The van der Waals surface area contributed by atoms with E-state index in [1.54, 1.807) is 13.8 Å². The van der Waals surface area contributed by atoms with Crippen molar-refractivity contribution >= 4 is 30.2 Å². The standard InChI is InChI=1S/C10H15NO3S/c1-6(2)7(12)3-4-11-9(13)5-8(15)10(11)14/h6,8,15H,3-5H2,1-2H3. The van der Waals surface area contributed by atoms with E-state index in [2.05, 4.69) is 12.6 Å². The molecular weight excluding hydrogens is 214 g/mol. The van der Waals surface area contributed by atoms with Crippen LogP contribution in [0.15, 0.2) is 0 Å². The van der Waals surface area contributed by atoms with Gasteiger partial charge in [0.2, 0.25) is 11.8 Å². The van der Waals surface area contributed by atoms with Gasteiger partial charge in [0.05, 0.1) is 5.25 Å². The van der Waals surface area contributed by atoms with Crippen molar-refractivity contribution in [2.75, 3.05) is 6.54 Å². The number of rotatable bonds is 4. The Hall–Kier alpha value is -0.840. The van der Waals surface area contributed by atoms with Crippen LogP contribution in [0.1, 0.15) is 26.7 Å². The highest BCUT2D eigenvalue weighted by molar-refractivity contribution is 7.81. The number of amides is 2. The molecule has 0 aromatic carbocycles. The number of Topliss-reactive ketones (excluding diaryl/α,β-unsaturated/α-hetero) is 1. The predicted molar refractivity (Wildman–Crippen MR) is 58.6 cm³/mol. The zero-order valence-electron chi connectivity index (χ0n) is 8.90. The third kappa shape index (κ3) is 2.81. The molecule has 0 aromatic rings. The average molecular weight is 229 g/mol. The zero-order valence-corrected chi connectivity index (χ0v) is 9.79. The lowest BCUT2D eigenvalue weighted by Gasteiger charge is -2.14. The van der Waals surface area contributed by atoms with Gasteiger partial charge in [0.1, 0.15) is 5.78 Å². The third-order valence-electron chi connectivity index (χ3n) is 2.45. The molecule has 0 aromatic heterocycles. The second kappa shape index (κ2) is 4.79. The van der Waals surface area contributed by atoms with Gasteiger partial charge in [-0.15, -0.1) is 0 Å². The van der Waals surface area contributed by atoms with Crippen molar-refractivity contribution < 1.29 is 14.4 Å². The molecule has 0 N–H and O–H groups in total. The minimum atomic E-state index is -0.522. The fraction of sp³-hybridized carbons (Fsp3) is 0.700. The number of nitrogens with zero attached hydrogens (tertiary/aromatic N) is 1. The van der Waals surface area contributed by atoms with Gasteiger partial charge in [0.15, 0.2) is 0 Å². The molecule has 1 fully saturated rings. The summed E-state index contributed by atoms with van der Waals surface area (Å²) in [5.41, 5.74) is 0. The topological polar surface area (TPSA) is 54.5 Å². The Morgan fingerprint density at radius 2 is 2.13 bits per heavy atom. The largest absolute Gasteiger partial charge is 0.299 e. The fourth-order valence-corrected chi connectivity index (χ4v) is 1.71. The van der Waals surface area contributed by atoms with Gasteiger partial charge in [0.25, 0.3) is 0 Å². The molecule has 1 rings (SSSR count). The predicted octanol–water partition coefficient (Wildman–Crippen LogP) is 0.659. The van der Waals surface area contributed by atoms with Crippen LogP contribution in [0.5, 0.6) is 0 Å². The summed E-state index contributed by atoms with van der Waals surface area (Å²) in [6.07, 6.45) is 0.396. The number of hydrogen-bond donors (Lipinski definition) is 1. The number of imide groups is 1. The number of ketones is 1. The van der Waals surface area contributed by atoms with Crippen LogP contribution >= 0.6 is 12.6 Å². The maximum Gasteiger partial charge on any atom is 0.242 e. The van der Waals surface area contributed by atoms with E-state index in [4.69, 9.17) is 0 Å². The fourth-order valence-electron chi connectivity index (χ4n) is 1.41. The molecule has 5 heteroatoms. The summed E-state index contributed by atoms with van der Waals surface area (Å²) in [5, 5.41) is -0.522. The Kier molecular flexibility index (Phi) is 3.90. The van der Waals surface area contributed by atoms with Gasteiger partial charge in [-0.05, 0) is 0 Å². The summed E-state index contributed by atoms with van der Waals surface area (Å²) in [4.78, 5) is 35.2. The lowest BCUT2D eigenvalue weighted by Crippen LogP contribution is -2.33. The molecule has 15 heavy (non-hydrogen) atoms. The van der Waals surface area contributed by atoms with E-state index in [-0.39, 0.29) is 42.9 Å². The maximum atomic E-state index is 11.4. The van der Waals surface area contributed by atoms with Crippen molar-refractivity contribution in [3.8, 4) is 0 Å². The van der Waals surface area contributed by atoms with Gasteiger partial charge in [0, 0.05) is 25.3 Å². The second-order valence-corrected chi connectivity index (χ2v) is 4.60. The van der Waals surface area contributed by atoms with Crippen molar-refractivity contribution in [3.05, 3.63) is 0 Å². The zero-order chi connectivity index (χ0) is 11.6. The molecule has 84 valence electrons. The summed E-state index contributed by atoms with van der Waals surface area (Å²) in [7, 11) is 0. The van der Waals surface area contributed by atoms with Crippen molar-refractivity contribution in [1.82, 2.24) is 4.90 Å². The molecule has 0 spiro atoms. The Morgan fingerprint density at radius 3 is 2.53 bits per heavy atom. The highest BCUT2D eigenvalue weighted by Crippen LogP contribution is 2.18. The second-order valence-electron chi connectivity index (χ2n) is 3.97. The average Bonchev–Trinajstić information content (AvgIpc) is 2.38. The van der Waals surface area contributed by atoms with Crippen LogP contribution in [0.25, 0.3) is 0 Å². The van der Waals surface area contributed by atoms with Gasteiger partial charge in [-0.25, -0.2) is 0 Å². The molecule has 0 radical (unpaired) electrons. The molecular formula is C10H15NO3S. The number of carbonyl (C=O) groups excluding carboxylic acids is 3. The lowest BCUT2D eigenvalue weighted by atomic mass is 10.1. The van der Waals surface area contributed by atoms with Gasteiger partial charge in [-0.2, -0.15) is 12.6 Å². The molecule has 1 heterocycles. The monoisotopic (exact) mass is 229 g/mol. The van der Waals surface area contributed by atoms with E-state index in [0.29, 0.717) is 0 Å². The molecule has 0 aliphatic carbocycles. The summed E-state index contributed by atoms with van der Waals surface area (Å²) in [6, 6.07) is 0. The highest BCUT2D eigenvalue weighted by Gasteiger charge is 2.36. The molecule has 1 aliphatic rings. The maximum absolute atomic E-state index is 11.4. The van der Waals surface area contributed by atoms with Crippen LogP contribution in [0.4, 0.5) is 0 Å². The Morgan fingerprint density at radius 1 is 1.53 bits per heavy atom. The number of thiol groups is 1. The third-order valence-corrected chi connectivity index (χ3v) is 2.85. The van der Waals surface area contributed by atoms with E-state index in [9.17, 15) is 14.4 Å². The van der Waals surface area contributed by atoms with Crippen molar-refractivity contribution in [1.29, 1.82) is 0 Å². The number of likely N-dealkylation sites (tertiary alicyclic amines) is 1. The van der Waals surface area contributed by atoms with Crippen molar-refractivity contribution in [3.63, 3.8) is 0 Å². The van der Waals surface area contributed by atoms with Crippen LogP contribution in [0.3, 0.4) is 0 Å². The quantitative estimate of drug-likeness (QED) is 0.569. The van der Waals surface area contributed by atoms with E-state index < -0.39 is 5.25 Å². The lowest BCUT2D eigenvalue weighted by molar-refractivity contribution is -0.138. The van der Waals surface area contributed by atoms with Crippen LogP contribution < -0.4 is 0 Å². The summed E-state index contributed by atoms with van der Waals surface area (Å²) in [6.45, 7) is 3.81. The highest BCUT2D eigenvalue weighted by atomic mass is 32.1. The van der Waals surface area contributed by atoms with E-state index in [1.165, 1.54) is 0 Å². The van der Waals surface area contributed by atoms with Gasteiger partial charge < -0.3 is 0 Å². The normalized spacial score (nSPS) is 21.6. The Balaban J connectivity index is 2.49. The van der Waals surface area contributed by atoms with E-state index >= 15 is 0 Å². The van der Waals surface area contributed by atoms with Gasteiger partial charge in [-0.1, -0.05) is 13.8 Å².